The molecule has 0 aliphatic rings. The quantitative estimate of drug-likeness (QED) is 0.771. The molecule has 0 aliphatic heterocycles. The summed E-state index contributed by atoms with van der Waals surface area (Å²) in [5, 5.41) is 6.50. The molecule has 0 unspecified atom stereocenters. The molecule has 0 atom stereocenters. The molecule has 6 nitrogen and oxygen atoms in total. The number of aromatic nitrogens is 2. The summed E-state index contributed by atoms with van der Waals surface area (Å²) in [6, 6.07) is 11.7. The maximum atomic E-state index is 13.6. The van der Waals surface area contributed by atoms with Crippen molar-refractivity contribution in [3.05, 3.63) is 65.3 Å². The molecule has 3 aromatic rings. The van der Waals surface area contributed by atoms with Crippen LogP contribution in [0.25, 0.3) is 11.4 Å². The maximum Gasteiger partial charge on any atom is 0.251 e. The van der Waals surface area contributed by atoms with E-state index in [9.17, 15) is 9.18 Å². The van der Waals surface area contributed by atoms with E-state index in [0.29, 0.717) is 5.82 Å². The van der Waals surface area contributed by atoms with Gasteiger partial charge in [0, 0.05) is 11.1 Å². The van der Waals surface area contributed by atoms with Crippen LogP contribution < -0.4 is 10.1 Å². The number of carbonyl (C=O) groups excluding carboxylic acids is 1. The van der Waals surface area contributed by atoms with Gasteiger partial charge < -0.3 is 14.6 Å². The minimum absolute atomic E-state index is 0.0470. The van der Waals surface area contributed by atoms with Crippen molar-refractivity contribution < 1.29 is 18.4 Å². The first kappa shape index (κ1) is 16.6. The molecule has 0 saturated carbocycles. The fourth-order valence-electron chi connectivity index (χ4n) is 2.21. The number of ether oxygens (including phenoxy) is 1. The number of rotatable bonds is 5. The van der Waals surface area contributed by atoms with Gasteiger partial charge in [-0.25, -0.2) is 4.39 Å². The van der Waals surface area contributed by atoms with Gasteiger partial charge in [0.1, 0.15) is 0 Å². The van der Waals surface area contributed by atoms with Gasteiger partial charge in [-0.15, -0.1) is 0 Å². The number of nitrogens with zero attached hydrogens (tertiary/aromatic N) is 2. The van der Waals surface area contributed by atoms with E-state index in [2.05, 4.69) is 15.5 Å². The van der Waals surface area contributed by atoms with E-state index in [1.54, 1.807) is 0 Å². The molecule has 1 heterocycles. The Bertz CT molecular complexity index is 891. The van der Waals surface area contributed by atoms with Crippen molar-refractivity contribution >= 4 is 5.91 Å². The zero-order chi connectivity index (χ0) is 17.8. The smallest absolute Gasteiger partial charge is 0.251 e. The number of nitrogens with one attached hydrogen (secondary N) is 1. The predicted molar refractivity (Wildman–Crippen MR) is 88.6 cm³/mol. The summed E-state index contributed by atoms with van der Waals surface area (Å²) in [6.45, 7) is 2.04. The lowest BCUT2D eigenvalue weighted by atomic mass is 10.1. The second kappa shape index (κ2) is 7.12. The van der Waals surface area contributed by atoms with Gasteiger partial charge in [-0.05, 0) is 25.1 Å². The number of halogens is 1. The van der Waals surface area contributed by atoms with Crippen LogP contribution in [0.15, 0.2) is 47.0 Å². The molecule has 25 heavy (non-hydrogen) atoms. The number of aryl methyl sites for hydroxylation is 1. The van der Waals surface area contributed by atoms with Gasteiger partial charge in [0.05, 0.1) is 13.7 Å². The molecule has 0 saturated heterocycles. The van der Waals surface area contributed by atoms with Gasteiger partial charge in [0.25, 0.3) is 5.91 Å². The zero-order valence-corrected chi connectivity index (χ0v) is 13.7. The molecule has 0 radical (unpaired) electrons. The molecule has 1 aromatic heterocycles. The molecule has 1 N–H and O–H groups in total. The van der Waals surface area contributed by atoms with Crippen molar-refractivity contribution in [3.63, 3.8) is 0 Å². The minimum Gasteiger partial charge on any atom is -0.494 e. The normalized spacial score (nSPS) is 10.5. The van der Waals surface area contributed by atoms with Gasteiger partial charge in [-0.3, -0.25) is 4.79 Å². The molecule has 0 spiro atoms. The maximum absolute atomic E-state index is 13.6. The van der Waals surface area contributed by atoms with Gasteiger partial charge in [-0.1, -0.05) is 35.0 Å². The van der Waals surface area contributed by atoms with Crippen LogP contribution in [0.4, 0.5) is 4.39 Å². The van der Waals surface area contributed by atoms with Crippen LogP contribution in [0.2, 0.25) is 0 Å². The second-order valence-electron chi connectivity index (χ2n) is 5.41. The van der Waals surface area contributed by atoms with Gasteiger partial charge in [0.15, 0.2) is 11.6 Å². The van der Waals surface area contributed by atoms with Crippen LogP contribution in [0, 0.1) is 12.7 Å². The second-order valence-corrected chi connectivity index (χ2v) is 5.41. The minimum atomic E-state index is -0.602. The Kier molecular flexibility index (Phi) is 4.74. The summed E-state index contributed by atoms with van der Waals surface area (Å²) in [5.41, 5.74) is 2.13. The van der Waals surface area contributed by atoms with Crippen LogP contribution >= 0.6 is 0 Å². The van der Waals surface area contributed by atoms with Crippen molar-refractivity contribution in [1.29, 1.82) is 0 Å². The Labute approximate surface area is 143 Å². The summed E-state index contributed by atoms with van der Waals surface area (Å²) in [7, 11) is 1.36. The average molecular weight is 341 g/mol. The Morgan fingerprint density at radius 3 is 2.68 bits per heavy atom. The highest BCUT2D eigenvalue weighted by molar-refractivity contribution is 5.94. The number of amides is 1. The standard InChI is InChI=1S/C18H16FN3O3/c1-11-3-5-12(6-4-11)17-21-16(25-22-17)10-20-18(23)13-7-8-15(24-2)14(19)9-13/h3-9H,10H2,1-2H3,(H,20,23). The summed E-state index contributed by atoms with van der Waals surface area (Å²) >= 11 is 0. The Morgan fingerprint density at radius 1 is 1.24 bits per heavy atom. The highest BCUT2D eigenvalue weighted by atomic mass is 19.1. The SMILES string of the molecule is COc1ccc(C(=O)NCc2nc(-c3ccc(C)cc3)no2)cc1F. The van der Waals surface area contributed by atoms with Crippen molar-refractivity contribution in [2.75, 3.05) is 7.11 Å². The van der Waals surface area contributed by atoms with Crippen molar-refractivity contribution in [3.8, 4) is 17.1 Å². The number of methoxy groups -OCH3 is 1. The molecular weight excluding hydrogens is 325 g/mol. The van der Waals surface area contributed by atoms with Crippen molar-refractivity contribution in [1.82, 2.24) is 15.5 Å². The molecular formula is C18H16FN3O3. The molecule has 1 amide bonds. The molecule has 0 aliphatic carbocycles. The number of hydrogen-bond donors (Lipinski definition) is 1. The Morgan fingerprint density at radius 2 is 2.00 bits per heavy atom. The fraction of sp³-hybridized carbons (Fsp3) is 0.167. The lowest BCUT2D eigenvalue weighted by Crippen LogP contribution is -2.23. The van der Waals surface area contributed by atoms with E-state index in [0.717, 1.165) is 17.2 Å². The monoisotopic (exact) mass is 341 g/mol. The van der Waals surface area contributed by atoms with E-state index >= 15 is 0 Å². The number of benzene rings is 2. The van der Waals surface area contributed by atoms with Crippen LogP contribution in [0.3, 0.4) is 0 Å². The van der Waals surface area contributed by atoms with Gasteiger partial charge in [-0.2, -0.15) is 4.98 Å². The molecule has 2 aromatic carbocycles. The van der Waals surface area contributed by atoms with E-state index in [-0.39, 0.29) is 23.7 Å². The topological polar surface area (TPSA) is 77.2 Å². The fourth-order valence-corrected chi connectivity index (χ4v) is 2.21. The average Bonchev–Trinajstić information content (AvgIpc) is 3.09. The third kappa shape index (κ3) is 3.82. The molecule has 0 fully saturated rings. The van der Waals surface area contributed by atoms with Crippen LogP contribution in [0.5, 0.6) is 5.75 Å². The predicted octanol–water partition coefficient (Wildman–Crippen LogP) is 3.12. The largest absolute Gasteiger partial charge is 0.494 e. The van der Waals surface area contributed by atoms with E-state index in [1.165, 1.54) is 19.2 Å². The highest BCUT2D eigenvalue weighted by Gasteiger charge is 2.13. The number of hydrogen-bond acceptors (Lipinski definition) is 5. The molecule has 128 valence electrons. The number of carbonyl (C=O) groups is 1. The van der Waals surface area contributed by atoms with Gasteiger partial charge >= 0.3 is 0 Å². The zero-order valence-electron chi connectivity index (χ0n) is 13.7. The van der Waals surface area contributed by atoms with Gasteiger partial charge in [0.2, 0.25) is 11.7 Å². The first-order chi connectivity index (χ1) is 12.1. The van der Waals surface area contributed by atoms with Crippen LogP contribution in [-0.4, -0.2) is 23.2 Å². The lowest BCUT2D eigenvalue weighted by molar-refractivity contribution is 0.0945. The summed E-state index contributed by atoms with van der Waals surface area (Å²) < 4.78 is 23.6. The third-order valence-electron chi connectivity index (χ3n) is 3.59. The first-order valence-corrected chi connectivity index (χ1v) is 7.58. The summed E-state index contributed by atoms with van der Waals surface area (Å²) in [4.78, 5) is 16.3. The Hall–Kier alpha value is -3.22. The summed E-state index contributed by atoms with van der Waals surface area (Å²) in [6.07, 6.45) is 0. The van der Waals surface area contributed by atoms with Crippen molar-refractivity contribution in [2.45, 2.75) is 13.5 Å². The lowest BCUT2D eigenvalue weighted by Gasteiger charge is -2.05. The van der Waals surface area contributed by atoms with E-state index in [1.807, 2.05) is 31.2 Å². The summed E-state index contributed by atoms with van der Waals surface area (Å²) in [5.74, 6) is -0.264. The van der Waals surface area contributed by atoms with Crippen LogP contribution in [-0.2, 0) is 6.54 Å². The van der Waals surface area contributed by atoms with Crippen LogP contribution in [0.1, 0.15) is 21.8 Å². The molecule has 3 rings (SSSR count). The van der Waals surface area contributed by atoms with Crippen molar-refractivity contribution in [2.24, 2.45) is 0 Å². The van der Waals surface area contributed by atoms with E-state index in [4.69, 9.17) is 9.26 Å². The third-order valence-corrected chi connectivity index (χ3v) is 3.59. The van der Waals surface area contributed by atoms with E-state index < -0.39 is 11.7 Å². The highest BCUT2D eigenvalue weighted by Crippen LogP contribution is 2.18. The molecule has 0 bridgehead atoms. The Balaban J connectivity index is 1.65. The first-order valence-electron chi connectivity index (χ1n) is 7.58. The molecule has 7 heteroatoms.